The number of likely N-dealkylation sites (N-methyl/N-ethyl adjacent to an activating group) is 2. The third-order valence-corrected chi connectivity index (χ3v) is 7.38. The highest BCUT2D eigenvalue weighted by Gasteiger charge is 2.25. The molecule has 3 N–H and O–H groups in total. The van der Waals surface area contributed by atoms with E-state index in [1.54, 1.807) is 31.2 Å². The lowest BCUT2D eigenvalue weighted by Crippen LogP contribution is -2.42. The van der Waals surface area contributed by atoms with Gasteiger partial charge in [-0.15, -0.1) is 0 Å². The molecule has 9 nitrogen and oxygen atoms in total. The lowest BCUT2D eigenvalue weighted by Gasteiger charge is -2.24. The quantitative estimate of drug-likeness (QED) is 0.445. The number of fused-ring (bicyclic) bond motifs is 1. The van der Waals surface area contributed by atoms with Gasteiger partial charge in [-0.1, -0.05) is 30.3 Å². The van der Waals surface area contributed by atoms with E-state index in [1.165, 1.54) is 30.1 Å². The first-order valence-electron chi connectivity index (χ1n) is 11.0. The first-order valence-corrected chi connectivity index (χ1v) is 12.5. The molecule has 0 aliphatic carbocycles. The lowest BCUT2D eigenvalue weighted by atomic mass is 10.1. The number of carbonyl (C=O) groups is 3. The van der Waals surface area contributed by atoms with Crippen LogP contribution in [0, 0.1) is 0 Å². The number of nitrogens with two attached hydrogens (primary N) is 1. The smallest absolute Gasteiger partial charge is 0.248 e. The number of anilines is 1. The lowest BCUT2D eigenvalue weighted by molar-refractivity contribution is -0.131. The Bertz CT molecular complexity index is 1340. The molecule has 3 aromatic carbocycles. The Hall–Kier alpha value is -3.76. The minimum absolute atomic E-state index is 0.0261. The van der Waals surface area contributed by atoms with Crippen LogP contribution in [0.2, 0.25) is 0 Å². The van der Waals surface area contributed by atoms with Crippen LogP contribution in [0.5, 0.6) is 0 Å². The van der Waals surface area contributed by atoms with Gasteiger partial charge in [0.15, 0.2) is 0 Å². The molecule has 0 aliphatic heterocycles. The molecule has 0 aromatic heterocycles. The molecule has 35 heavy (non-hydrogen) atoms. The topological polar surface area (TPSA) is 130 Å². The Morgan fingerprint density at radius 1 is 0.943 bits per heavy atom. The van der Waals surface area contributed by atoms with Crippen LogP contribution in [0.4, 0.5) is 5.69 Å². The summed E-state index contributed by atoms with van der Waals surface area (Å²) in [6, 6.07) is 18.4. The van der Waals surface area contributed by atoms with E-state index in [9.17, 15) is 22.8 Å². The number of sulfonamides is 1. The van der Waals surface area contributed by atoms with Crippen LogP contribution in [0.3, 0.4) is 0 Å². The molecule has 0 heterocycles. The Balaban J connectivity index is 1.58. The molecule has 0 saturated heterocycles. The first-order chi connectivity index (χ1) is 16.6. The zero-order valence-electron chi connectivity index (χ0n) is 19.6. The van der Waals surface area contributed by atoms with Gasteiger partial charge in [-0.2, -0.15) is 4.31 Å². The molecular formula is C25H28N4O5S. The molecule has 0 atom stereocenters. The van der Waals surface area contributed by atoms with E-state index in [0.29, 0.717) is 17.8 Å². The second-order valence-corrected chi connectivity index (χ2v) is 10.0. The summed E-state index contributed by atoms with van der Waals surface area (Å²) in [5.74, 6) is -1.29. The Morgan fingerprint density at radius 3 is 2.23 bits per heavy atom. The van der Waals surface area contributed by atoms with Gasteiger partial charge in [-0.3, -0.25) is 14.4 Å². The fourth-order valence-electron chi connectivity index (χ4n) is 3.52. The van der Waals surface area contributed by atoms with Crippen molar-refractivity contribution in [3.8, 4) is 0 Å². The van der Waals surface area contributed by atoms with Gasteiger partial charge >= 0.3 is 0 Å². The van der Waals surface area contributed by atoms with Crippen molar-refractivity contribution >= 4 is 44.2 Å². The summed E-state index contributed by atoms with van der Waals surface area (Å²) in [5.41, 5.74) is 6.02. The molecule has 0 aliphatic rings. The number of carbonyl (C=O) groups excluding carboxylic acids is 3. The molecule has 3 aromatic rings. The first kappa shape index (κ1) is 25.9. The highest BCUT2D eigenvalue weighted by atomic mass is 32.2. The van der Waals surface area contributed by atoms with Gasteiger partial charge in [0.2, 0.25) is 27.7 Å². The molecule has 3 amide bonds. The van der Waals surface area contributed by atoms with Crippen molar-refractivity contribution in [1.82, 2.24) is 9.21 Å². The molecule has 0 bridgehead atoms. The highest BCUT2D eigenvalue weighted by molar-refractivity contribution is 7.89. The number of hydrogen-bond donors (Lipinski definition) is 2. The maximum absolute atomic E-state index is 13.0. The molecule has 184 valence electrons. The van der Waals surface area contributed by atoms with Gasteiger partial charge in [0.05, 0.1) is 11.4 Å². The van der Waals surface area contributed by atoms with Crippen LogP contribution in [0.15, 0.2) is 71.6 Å². The summed E-state index contributed by atoms with van der Waals surface area (Å²) in [4.78, 5) is 37.8. The minimum atomic E-state index is -3.88. The predicted molar refractivity (Wildman–Crippen MR) is 134 cm³/mol. The van der Waals surface area contributed by atoms with E-state index in [-0.39, 0.29) is 30.3 Å². The summed E-state index contributed by atoms with van der Waals surface area (Å²) in [6.45, 7) is 1.86. The van der Waals surface area contributed by atoms with E-state index in [1.807, 2.05) is 24.3 Å². The number of hydrogen-bond acceptors (Lipinski definition) is 5. The minimum Gasteiger partial charge on any atom is -0.366 e. The second kappa shape index (κ2) is 11.1. The van der Waals surface area contributed by atoms with Crippen LogP contribution < -0.4 is 11.1 Å². The van der Waals surface area contributed by atoms with Gasteiger partial charge in [-0.05, 0) is 54.1 Å². The van der Waals surface area contributed by atoms with Gasteiger partial charge in [0.25, 0.3) is 0 Å². The SMILES string of the molecule is CCN(CCC(=O)Nc1ccc(C(N)=O)cc1)C(=O)CN(C)S(=O)(=O)c1ccc2ccccc2c1. The van der Waals surface area contributed by atoms with Crippen LogP contribution in [-0.4, -0.2) is 62.0 Å². The van der Waals surface area contributed by atoms with Gasteiger partial charge < -0.3 is 16.0 Å². The average Bonchev–Trinajstić information content (AvgIpc) is 2.84. The molecule has 0 spiro atoms. The van der Waals surface area contributed by atoms with Gasteiger partial charge in [-0.25, -0.2) is 8.42 Å². The fraction of sp³-hybridized carbons (Fsp3) is 0.240. The van der Waals surface area contributed by atoms with E-state index in [0.717, 1.165) is 15.1 Å². The number of rotatable bonds is 10. The summed E-state index contributed by atoms with van der Waals surface area (Å²) in [7, 11) is -2.52. The molecule has 0 fully saturated rings. The van der Waals surface area contributed by atoms with Crippen molar-refractivity contribution in [2.75, 3.05) is 32.0 Å². The summed E-state index contributed by atoms with van der Waals surface area (Å²) in [6.07, 6.45) is 0.0261. The average molecular weight is 497 g/mol. The monoisotopic (exact) mass is 496 g/mol. The molecule has 0 unspecified atom stereocenters. The fourth-order valence-corrected chi connectivity index (χ4v) is 4.68. The van der Waals surface area contributed by atoms with E-state index in [4.69, 9.17) is 5.73 Å². The summed E-state index contributed by atoms with van der Waals surface area (Å²) in [5, 5.41) is 4.40. The largest absolute Gasteiger partial charge is 0.366 e. The summed E-state index contributed by atoms with van der Waals surface area (Å²) >= 11 is 0. The maximum Gasteiger partial charge on any atom is 0.248 e. The standard InChI is InChI=1S/C25H28N4O5S/c1-3-29(15-14-23(30)27-21-11-8-19(9-12-21)25(26)32)24(31)17-28(2)35(33,34)22-13-10-18-6-4-5-7-20(18)16-22/h4-13,16H,3,14-15,17H2,1-2H3,(H2,26,32)(H,27,30). The zero-order chi connectivity index (χ0) is 25.6. The third kappa shape index (κ3) is 6.43. The van der Waals surface area contributed by atoms with Crippen LogP contribution in [-0.2, 0) is 19.6 Å². The van der Waals surface area contributed by atoms with Gasteiger partial charge in [0.1, 0.15) is 0 Å². The normalized spacial score (nSPS) is 11.4. The number of nitrogens with one attached hydrogen (secondary N) is 1. The van der Waals surface area contributed by atoms with Crippen molar-refractivity contribution in [2.45, 2.75) is 18.2 Å². The third-order valence-electron chi connectivity index (χ3n) is 5.58. The predicted octanol–water partition coefficient (Wildman–Crippen LogP) is 2.44. The maximum atomic E-state index is 13.0. The Morgan fingerprint density at radius 2 is 1.60 bits per heavy atom. The van der Waals surface area contributed by atoms with E-state index >= 15 is 0 Å². The van der Waals surface area contributed by atoms with Crippen molar-refractivity contribution < 1.29 is 22.8 Å². The van der Waals surface area contributed by atoms with E-state index < -0.39 is 21.8 Å². The van der Waals surface area contributed by atoms with Crippen molar-refractivity contribution in [2.24, 2.45) is 5.73 Å². The molecule has 0 saturated carbocycles. The number of amides is 3. The number of nitrogens with zero attached hydrogens (tertiary/aromatic N) is 2. The van der Waals surface area contributed by atoms with Crippen molar-refractivity contribution in [3.05, 3.63) is 72.3 Å². The van der Waals surface area contributed by atoms with E-state index in [2.05, 4.69) is 5.32 Å². The zero-order valence-corrected chi connectivity index (χ0v) is 20.4. The second-order valence-electron chi connectivity index (χ2n) is 7.98. The molecule has 10 heteroatoms. The summed E-state index contributed by atoms with van der Waals surface area (Å²) < 4.78 is 27.1. The van der Waals surface area contributed by atoms with Crippen molar-refractivity contribution in [3.63, 3.8) is 0 Å². The number of primary amides is 1. The Labute approximate surface area is 204 Å². The Kier molecular flexibility index (Phi) is 8.21. The van der Waals surface area contributed by atoms with Crippen LogP contribution >= 0.6 is 0 Å². The van der Waals surface area contributed by atoms with Gasteiger partial charge in [0, 0.05) is 37.8 Å². The van der Waals surface area contributed by atoms with Crippen molar-refractivity contribution in [1.29, 1.82) is 0 Å². The molecular weight excluding hydrogens is 468 g/mol. The van der Waals surface area contributed by atoms with Crippen LogP contribution in [0.1, 0.15) is 23.7 Å². The number of benzene rings is 3. The van der Waals surface area contributed by atoms with Crippen LogP contribution in [0.25, 0.3) is 10.8 Å². The highest BCUT2D eigenvalue weighted by Crippen LogP contribution is 2.21. The molecule has 3 rings (SSSR count). The molecule has 0 radical (unpaired) electrons.